The van der Waals surface area contributed by atoms with E-state index < -0.39 is 0 Å². The minimum Gasteiger partial charge on any atom is -0.310 e. The number of nitrogens with one attached hydrogen (secondary N) is 1. The van der Waals surface area contributed by atoms with Crippen molar-refractivity contribution >= 4 is 0 Å². The molecule has 1 atom stereocenters. The van der Waals surface area contributed by atoms with Crippen LogP contribution in [-0.4, -0.2) is 6.54 Å². The maximum absolute atomic E-state index is 3.68. The number of hydrogen-bond acceptors (Lipinski definition) is 1. The van der Waals surface area contributed by atoms with Crippen LogP contribution in [0.5, 0.6) is 0 Å². The highest BCUT2D eigenvalue weighted by molar-refractivity contribution is 5.19. The van der Waals surface area contributed by atoms with Crippen molar-refractivity contribution in [2.75, 3.05) is 6.54 Å². The average Bonchev–Trinajstić information content (AvgIpc) is 2.56. The van der Waals surface area contributed by atoms with Gasteiger partial charge in [-0.05, 0) is 43.4 Å². The van der Waals surface area contributed by atoms with Crippen molar-refractivity contribution in [1.29, 1.82) is 0 Å². The van der Waals surface area contributed by atoms with Crippen molar-refractivity contribution in [2.24, 2.45) is 0 Å². The molecule has 0 bridgehead atoms. The van der Waals surface area contributed by atoms with Gasteiger partial charge in [0.2, 0.25) is 0 Å². The van der Waals surface area contributed by atoms with Gasteiger partial charge >= 0.3 is 0 Å². The molecule has 0 saturated carbocycles. The zero-order chi connectivity index (χ0) is 14.8. The maximum atomic E-state index is 3.68. The van der Waals surface area contributed by atoms with Gasteiger partial charge in [0.25, 0.3) is 0 Å². The van der Waals surface area contributed by atoms with E-state index in [9.17, 15) is 0 Å². The smallest absolute Gasteiger partial charge is 0.0320 e. The van der Waals surface area contributed by atoms with Crippen molar-refractivity contribution < 1.29 is 0 Å². The van der Waals surface area contributed by atoms with Crippen molar-refractivity contribution in [3.63, 3.8) is 0 Å². The van der Waals surface area contributed by atoms with Crippen molar-refractivity contribution in [3.05, 3.63) is 71.8 Å². The Morgan fingerprint density at radius 3 is 2.19 bits per heavy atom. The van der Waals surface area contributed by atoms with Gasteiger partial charge in [-0.25, -0.2) is 0 Å². The van der Waals surface area contributed by atoms with E-state index in [1.807, 2.05) is 0 Å². The SMILES string of the molecule is CCCNC(CCCCc1ccccc1)c1ccccc1. The Morgan fingerprint density at radius 2 is 1.52 bits per heavy atom. The first-order valence-electron chi connectivity index (χ1n) is 8.22. The molecule has 0 aliphatic carbocycles. The fourth-order valence-corrected chi connectivity index (χ4v) is 2.71. The Labute approximate surface area is 129 Å². The fraction of sp³-hybridized carbons (Fsp3) is 0.400. The molecule has 0 aliphatic rings. The molecule has 112 valence electrons. The van der Waals surface area contributed by atoms with Gasteiger partial charge in [-0.3, -0.25) is 0 Å². The van der Waals surface area contributed by atoms with Crippen LogP contribution < -0.4 is 5.32 Å². The molecule has 0 spiro atoms. The molecule has 1 heteroatoms. The molecule has 2 aromatic carbocycles. The lowest BCUT2D eigenvalue weighted by Crippen LogP contribution is -2.22. The predicted molar refractivity (Wildman–Crippen MR) is 91.5 cm³/mol. The maximum Gasteiger partial charge on any atom is 0.0320 e. The van der Waals surface area contributed by atoms with E-state index in [1.54, 1.807) is 0 Å². The Morgan fingerprint density at radius 1 is 0.857 bits per heavy atom. The molecular weight excluding hydrogens is 254 g/mol. The van der Waals surface area contributed by atoms with Crippen LogP contribution >= 0.6 is 0 Å². The second-order valence-corrected chi connectivity index (χ2v) is 5.65. The quantitative estimate of drug-likeness (QED) is 0.627. The summed E-state index contributed by atoms with van der Waals surface area (Å²) >= 11 is 0. The third kappa shape index (κ3) is 5.73. The number of unbranched alkanes of at least 4 members (excludes halogenated alkanes) is 1. The molecule has 0 aromatic heterocycles. The van der Waals surface area contributed by atoms with Crippen molar-refractivity contribution in [2.45, 2.75) is 45.1 Å². The fourth-order valence-electron chi connectivity index (χ4n) is 2.71. The number of benzene rings is 2. The minimum atomic E-state index is 0.502. The summed E-state index contributed by atoms with van der Waals surface area (Å²) in [6.07, 6.45) is 6.13. The first-order valence-corrected chi connectivity index (χ1v) is 8.22. The van der Waals surface area contributed by atoms with Crippen LogP contribution in [0.3, 0.4) is 0 Å². The lowest BCUT2D eigenvalue weighted by atomic mass is 9.99. The highest BCUT2D eigenvalue weighted by Gasteiger charge is 2.09. The molecule has 2 aromatic rings. The number of aryl methyl sites for hydroxylation is 1. The molecule has 0 fully saturated rings. The Kier molecular flexibility index (Phi) is 7.03. The van der Waals surface area contributed by atoms with Gasteiger partial charge in [-0.2, -0.15) is 0 Å². The largest absolute Gasteiger partial charge is 0.310 e. The summed E-state index contributed by atoms with van der Waals surface area (Å²) in [5, 5.41) is 3.68. The molecule has 2 rings (SSSR count). The van der Waals surface area contributed by atoms with Crippen molar-refractivity contribution in [1.82, 2.24) is 5.32 Å². The Bertz CT molecular complexity index is 478. The van der Waals surface area contributed by atoms with E-state index in [4.69, 9.17) is 0 Å². The van der Waals surface area contributed by atoms with Crippen LogP contribution in [-0.2, 0) is 6.42 Å². The zero-order valence-corrected chi connectivity index (χ0v) is 13.1. The minimum absolute atomic E-state index is 0.502. The van der Waals surface area contributed by atoms with E-state index in [0.717, 1.165) is 6.54 Å². The molecule has 0 saturated heterocycles. The van der Waals surface area contributed by atoms with Gasteiger partial charge in [0.05, 0.1) is 0 Å². The number of hydrogen-bond donors (Lipinski definition) is 1. The van der Waals surface area contributed by atoms with Crippen LogP contribution in [0.1, 0.15) is 49.8 Å². The molecule has 1 unspecified atom stereocenters. The summed E-state index contributed by atoms with van der Waals surface area (Å²) in [6, 6.07) is 22.2. The van der Waals surface area contributed by atoms with E-state index in [1.165, 1.54) is 43.2 Å². The highest BCUT2D eigenvalue weighted by Crippen LogP contribution is 2.20. The van der Waals surface area contributed by atoms with Crippen LogP contribution in [0.2, 0.25) is 0 Å². The van der Waals surface area contributed by atoms with Gasteiger partial charge < -0.3 is 5.32 Å². The molecule has 0 amide bonds. The lowest BCUT2D eigenvalue weighted by molar-refractivity contribution is 0.476. The summed E-state index contributed by atoms with van der Waals surface area (Å²) in [6.45, 7) is 3.32. The molecule has 0 radical (unpaired) electrons. The summed E-state index contributed by atoms with van der Waals surface area (Å²) in [5.74, 6) is 0. The highest BCUT2D eigenvalue weighted by atomic mass is 14.9. The summed E-state index contributed by atoms with van der Waals surface area (Å²) in [5.41, 5.74) is 2.88. The standard InChI is InChI=1S/C20H27N/c1-2-17-21-20(19-14-7-4-8-15-19)16-10-9-13-18-11-5-3-6-12-18/h3-8,11-12,14-15,20-21H,2,9-10,13,16-17H2,1H3. The molecular formula is C20H27N. The van der Waals surface area contributed by atoms with Gasteiger partial charge in [-0.1, -0.05) is 74.0 Å². The monoisotopic (exact) mass is 281 g/mol. The first-order chi connectivity index (χ1) is 10.4. The van der Waals surface area contributed by atoms with Gasteiger partial charge in [0.1, 0.15) is 0 Å². The van der Waals surface area contributed by atoms with E-state index in [0.29, 0.717) is 6.04 Å². The molecule has 21 heavy (non-hydrogen) atoms. The third-order valence-corrected chi connectivity index (χ3v) is 3.89. The zero-order valence-electron chi connectivity index (χ0n) is 13.1. The van der Waals surface area contributed by atoms with Gasteiger partial charge in [0.15, 0.2) is 0 Å². The lowest BCUT2D eigenvalue weighted by Gasteiger charge is -2.19. The van der Waals surface area contributed by atoms with E-state index >= 15 is 0 Å². The van der Waals surface area contributed by atoms with Crippen LogP contribution in [0, 0.1) is 0 Å². The molecule has 1 N–H and O–H groups in total. The number of rotatable bonds is 9. The second-order valence-electron chi connectivity index (χ2n) is 5.65. The average molecular weight is 281 g/mol. The van der Waals surface area contributed by atoms with Crippen LogP contribution in [0.15, 0.2) is 60.7 Å². The third-order valence-electron chi connectivity index (χ3n) is 3.89. The topological polar surface area (TPSA) is 12.0 Å². The summed E-state index contributed by atoms with van der Waals surface area (Å²) < 4.78 is 0. The first kappa shape index (κ1) is 15.8. The molecule has 0 aliphatic heterocycles. The Hall–Kier alpha value is -1.60. The predicted octanol–water partition coefficient (Wildman–Crippen LogP) is 5.14. The summed E-state index contributed by atoms with van der Waals surface area (Å²) in [4.78, 5) is 0. The Balaban J connectivity index is 1.79. The normalized spacial score (nSPS) is 12.2. The second kappa shape index (κ2) is 9.36. The van der Waals surface area contributed by atoms with Crippen molar-refractivity contribution in [3.8, 4) is 0 Å². The van der Waals surface area contributed by atoms with Crippen LogP contribution in [0.25, 0.3) is 0 Å². The van der Waals surface area contributed by atoms with Gasteiger partial charge in [0, 0.05) is 6.04 Å². The molecule has 0 heterocycles. The van der Waals surface area contributed by atoms with E-state index in [2.05, 4.69) is 72.9 Å². The van der Waals surface area contributed by atoms with Crippen LogP contribution in [0.4, 0.5) is 0 Å². The van der Waals surface area contributed by atoms with Gasteiger partial charge in [-0.15, -0.1) is 0 Å². The van der Waals surface area contributed by atoms with E-state index in [-0.39, 0.29) is 0 Å². The summed E-state index contributed by atoms with van der Waals surface area (Å²) in [7, 11) is 0. The molecule has 1 nitrogen and oxygen atoms in total.